The first-order chi connectivity index (χ1) is 6.35. The lowest BCUT2D eigenvalue weighted by Gasteiger charge is -2.14. The van der Waals surface area contributed by atoms with E-state index in [0.29, 0.717) is 6.04 Å². The molecule has 0 aliphatic carbocycles. The molecule has 0 amide bonds. The Kier molecular flexibility index (Phi) is 10.6. The summed E-state index contributed by atoms with van der Waals surface area (Å²) in [5.74, 6) is 2.26. The minimum atomic E-state index is 0.263. The highest BCUT2D eigenvalue weighted by Crippen LogP contribution is 2.06. The van der Waals surface area contributed by atoms with Crippen molar-refractivity contribution in [1.82, 2.24) is 5.32 Å². The number of unbranched alkanes of at least 4 members (excludes halogenated alkanes) is 1. The lowest BCUT2D eigenvalue weighted by Crippen LogP contribution is -2.35. The molecule has 13 heavy (non-hydrogen) atoms. The van der Waals surface area contributed by atoms with Crippen molar-refractivity contribution in [2.24, 2.45) is 0 Å². The van der Waals surface area contributed by atoms with Gasteiger partial charge in [-0.3, -0.25) is 0 Å². The highest BCUT2D eigenvalue weighted by atomic mass is 32.2. The third-order valence-electron chi connectivity index (χ3n) is 1.86. The summed E-state index contributed by atoms with van der Waals surface area (Å²) in [7, 11) is 0. The van der Waals surface area contributed by atoms with Crippen molar-refractivity contribution in [3.05, 3.63) is 0 Å². The standard InChI is InChI=1S/C10H23NOS/c1-3-5-7-13-9-10(8-12)11-6-4-2/h10-12H,3-9H2,1-2H3. The number of hydrogen-bond donors (Lipinski definition) is 2. The molecule has 0 aromatic heterocycles. The Bertz CT molecular complexity index is 101. The highest BCUT2D eigenvalue weighted by Gasteiger charge is 2.04. The molecule has 2 N–H and O–H groups in total. The minimum Gasteiger partial charge on any atom is -0.395 e. The van der Waals surface area contributed by atoms with Gasteiger partial charge in [-0.25, -0.2) is 0 Å². The van der Waals surface area contributed by atoms with E-state index >= 15 is 0 Å². The van der Waals surface area contributed by atoms with E-state index in [4.69, 9.17) is 5.11 Å². The molecule has 80 valence electrons. The summed E-state index contributed by atoms with van der Waals surface area (Å²) in [6, 6.07) is 0.293. The van der Waals surface area contributed by atoms with E-state index in [-0.39, 0.29) is 6.61 Å². The maximum Gasteiger partial charge on any atom is 0.0592 e. The number of hydrogen-bond acceptors (Lipinski definition) is 3. The van der Waals surface area contributed by atoms with E-state index < -0.39 is 0 Å². The zero-order valence-electron chi connectivity index (χ0n) is 8.88. The van der Waals surface area contributed by atoms with Gasteiger partial charge in [0.1, 0.15) is 0 Å². The van der Waals surface area contributed by atoms with Gasteiger partial charge in [-0.05, 0) is 25.1 Å². The van der Waals surface area contributed by atoms with Crippen LogP contribution < -0.4 is 5.32 Å². The van der Waals surface area contributed by atoms with Crippen molar-refractivity contribution < 1.29 is 5.11 Å². The van der Waals surface area contributed by atoms with Crippen LogP contribution in [0.25, 0.3) is 0 Å². The molecule has 3 heteroatoms. The Morgan fingerprint density at radius 2 is 2.08 bits per heavy atom. The van der Waals surface area contributed by atoms with Crippen LogP contribution in [0.2, 0.25) is 0 Å². The van der Waals surface area contributed by atoms with Crippen molar-refractivity contribution in [2.45, 2.75) is 39.2 Å². The Balaban J connectivity index is 3.25. The lowest BCUT2D eigenvalue weighted by atomic mass is 10.3. The predicted octanol–water partition coefficient (Wildman–Crippen LogP) is 1.88. The number of aliphatic hydroxyl groups is 1. The quantitative estimate of drug-likeness (QED) is 0.564. The number of rotatable bonds is 9. The van der Waals surface area contributed by atoms with Crippen LogP contribution in [0.3, 0.4) is 0 Å². The summed E-state index contributed by atoms with van der Waals surface area (Å²) < 4.78 is 0. The fourth-order valence-electron chi connectivity index (χ4n) is 0.997. The molecule has 0 fully saturated rings. The SMILES string of the molecule is CCCCSCC(CO)NCCC. The van der Waals surface area contributed by atoms with Gasteiger partial charge in [-0.1, -0.05) is 20.3 Å². The first kappa shape index (κ1) is 13.3. The van der Waals surface area contributed by atoms with Crippen molar-refractivity contribution in [2.75, 3.05) is 24.7 Å². The second-order valence-electron chi connectivity index (χ2n) is 3.26. The molecule has 2 nitrogen and oxygen atoms in total. The molecular formula is C10H23NOS. The summed E-state index contributed by atoms with van der Waals surface area (Å²) in [6.07, 6.45) is 3.69. The van der Waals surface area contributed by atoms with Gasteiger partial charge in [-0.15, -0.1) is 0 Å². The van der Waals surface area contributed by atoms with Crippen molar-refractivity contribution in [1.29, 1.82) is 0 Å². The maximum absolute atomic E-state index is 9.03. The van der Waals surface area contributed by atoms with Crippen LogP contribution >= 0.6 is 11.8 Å². The molecule has 0 aromatic carbocycles. The van der Waals surface area contributed by atoms with Crippen molar-refractivity contribution >= 4 is 11.8 Å². The summed E-state index contributed by atoms with van der Waals surface area (Å²) in [6.45, 7) is 5.63. The smallest absolute Gasteiger partial charge is 0.0592 e. The normalized spacial score (nSPS) is 13.2. The highest BCUT2D eigenvalue weighted by molar-refractivity contribution is 7.99. The van der Waals surface area contributed by atoms with Crippen molar-refractivity contribution in [3.8, 4) is 0 Å². The molecule has 0 rings (SSSR count). The third kappa shape index (κ3) is 8.60. The van der Waals surface area contributed by atoms with E-state index in [0.717, 1.165) is 18.7 Å². The van der Waals surface area contributed by atoms with Crippen molar-refractivity contribution in [3.63, 3.8) is 0 Å². The van der Waals surface area contributed by atoms with Gasteiger partial charge in [0.15, 0.2) is 0 Å². The first-order valence-electron chi connectivity index (χ1n) is 5.27. The number of thioether (sulfide) groups is 1. The molecule has 1 unspecified atom stereocenters. The monoisotopic (exact) mass is 205 g/mol. The largest absolute Gasteiger partial charge is 0.395 e. The summed E-state index contributed by atoms with van der Waals surface area (Å²) in [4.78, 5) is 0. The Labute approximate surface area is 86.5 Å². The molecule has 0 aliphatic heterocycles. The average Bonchev–Trinajstić information content (AvgIpc) is 2.17. The molecule has 0 aromatic rings. The Morgan fingerprint density at radius 1 is 1.31 bits per heavy atom. The van der Waals surface area contributed by atoms with E-state index in [1.54, 1.807) is 0 Å². The van der Waals surface area contributed by atoms with Crippen LogP contribution in [0.4, 0.5) is 0 Å². The topological polar surface area (TPSA) is 32.3 Å². The van der Waals surface area contributed by atoms with Gasteiger partial charge >= 0.3 is 0 Å². The lowest BCUT2D eigenvalue weighted by molar-refractivity contribution is 0.254. The zero-order valence-corrected chi connectivity index (χ0v) is 9.70. The molecule has 0 aliphatic rings. The van der Waals surface area contributed by atoms with E-state index in [1.165, 1.54) is 18.6 Å². The van der Waals surface area contributed by atoms with E-state index in [2.05, 4.69) is 19.2 Å². The van der Waals surface area contributed by atoms with Crippen LogP contribution in [-0.4, -0.2) is 35.8 Å². The fourth-order valence-corrected chi connectivity index (χ4v) is 2.16. The second kappa shape index (κ2) is 10.4. The molecule has 0 saturated heterocycles. The Morgan fingerprint density at radius 3 is 2.62 bits per heavy atom. The van der Waals surface area contributed by atoms with Gasteiger partial charge in [0.05, 0.1) is 6.61 Å². The van der Waals surface area contributed by atoms with Gasteiger partial charge in [0.2, 0.25) is 0 Å². The molecule has 0 heterocycles. The molecule has 0 saturated carbocycles. The van der Waals surface area contributed by atoms with Crippen LogP contribution in [0.5, 0.6) is 0 Å². The molecule has 0 radical (unpaired) electrons. The summed E-state index contributed by atoms with van der Waals surface area (Å²) in [5, 5.41) is 12.4. The zero-order chi connectivity index (χ0) is 9.94. The summed E-state index contributed by atoms with van der Waals surface area (Å²) >= 11 is 1.94. The van der Waals surface area contributed by atoms with Crippen LogP contribution in [0.1, 0.15) is 33.1 Å². The number of aliphatic hydroxyl groups excluding tert-OH is 1. The molecular weight excluding hydrogens is 182 g/mol. The minimum absolute atomic E-state index is 0.263. The molecule has 0 bridgehead atoms. The van der Waals surface area contributed by atoms with Gasteiger partial charge in [0, 0.05) is 11.8 Å². The van der Waals surface area contributed by atoms with Crippen LogP contribution in [-0.2, 0) is 0 Å². The third-order valence-corrected chi connectivity index (χ3v) is 3.08. The predicted molar refractivity (Wildman–Crippen MR) is 61.4 cm³/mol. The van der Waals surface area contributed by atoms with Gasteiger partial charge in [0.25, 0.3) is 0 Å². The number of nitrogens with one attached hydrogen (secondary N) is 1. The Hall–Kier alpha value is 0.270. The molecule has 0 spiro atoms. The van der Waals surface area contributed by atoms with E-state index in [1.807, 2.05) is 11.8 Å². The van der Waals surface area contributed by atoms with Gasteiger partial charge < -0.3 is 10.4 Å². The second-order valence-corrected chi connectivity index (χ2v) is 4.41. The average molecular weight is 205 g/mol. The van der Waals surface area contributed by atoms with Crippen LogP contribution in [0.15, 0.2) is 0 Å². The maximum atomic E-state index is 9.03. The molecule has 1 atom stereocenters. The summed E-state index contributed by atoms with van der Waals surface area (Å²) in [5.41, 5.74) is 0. The van der Waals surface area contributed by atoms with Gasteiger partial charge in [-0.2, -0.15) is 11.8 Å². The van der Waals surface area contributed by atoms with E-state index in [9.17, 15) is 0 Å². The van der Waals surface area contributed by atoms with Crippen LogP contribution in [0, 0.1) is 0 Å². The first-order valence-corrected chi connectivity index (χ1v) is 6.42. The fraction of sp³-hybridized carbons (Fsp3) is 1.00.